The highest BCUT2D eigenvalue weighted by Gasteiger charge is 2.09. The van der Waals surface area contributed by atoms with Gasteiger partial charge in [0.15, 0.2) is 0 Å². The van der Waals surface area contributed by atoms with Gasteiger partial charge in [-0.1, -0.05) is 22.0 Å². The van der Waals surface area contributed by atoms with Crippen LogP contribution in [-0.2, 0) is 6.42 Å². The summed E-state index contributed by atoms with van der Waals surface area (Å²) in [6, 6.07) is 13.5. The third kappa shape index (κ3) is 4.04. The van der Waals surface area contributed by atoms with Gasteiger partial charge in [0.1, 0.15) is 0 Å². The second-order valence-corrected chi connectivity index (χ2v) is 5.89. The van der Waals surface area contributed by atoms with E-state index in [0.29, 0.717) is 18.5 Å². The lowest BCUT2D eigenvalue weighted by Gasteiger charge is -2.03. The Labute approximate surface area is 142 Å². The maximum atomic E-state index is 12.1. The Morgan fingerprint density at radius 2 is 2.00 bits per heavy atom. The summed E-state index contributed by atoms with van der Waals surface area (Å²) in [4.78, 5) is 16.4. The van der Waals surface area contributed by atoms with Gasteiger partial charge in [-0.25, -0.2) is 4.68 Å². The van der Waals surface area contributed by atoms with Crippen LogP contribution in [0, 0.1) is 0 Å². The molecule has 0 radical (unpaired) electrons. The summed E-state index contributed by atoms with van der Waals surface area (Å²) in [6.07, 6.45) is 5.74. The summed E-state index contributed by atoms with van der Waals surface area (Å²) in [5, 5.41) is 7.11. The number of carbonyl (C=O) groups is 1. The molecule has 1 N–H and O–H groups in total. The number of carbonyl (C=O) groups excluding carboxylic acids is 1. The molecule has 2 heterocycles. The molecule has 0 bridgehead atoms. The largest absolute Gasteiger partial charge is 0.352 e. The first kappa shape index (κ1) is 15.4. The minimum atomic E-state index is -0.135. The average Bonchev–Trinajstić information content (AvgIpc) is 3.06. The van der Waals surface area contributed by atoms with E-state index in [1.54, 1.807) is 23.3 Å². The molecule has 0 unspecified atom stereocenters. The van der Waals surface area contributed by atoms with E-state index < -0.39 is 0 Å². The highest BCUT2D eigenvalue weighted by Crippen LogP contribution is 2.14. The average molecular weight is 371 g/mol. The Balaban J connectivity index is 1.59. The SMILES string of the molecule is O=C(NCCc1ccccn1)c1cnn(-c2ccc(Br)cc2)c1. The monoisotopic (exact) mass is 370 g/mol. The fraction of sp³-hybridized carbons (Fsp3) is 0.118. The Bertz CT molecular complexity index is 784. The zero-order valence-corrected chi connectivity index (χ0v) is 13.9. The van der Waals surface area contributed by atoms with Crippen molar-refractivity contribution in [2.75, 3.05) is 6.54 Å². The van der Waals surface area contributed by atoms with E-state index in [1.807, 2.05) is 42.5 Å². The van der Waals surface area contributed by atoms with Crippen LogP contribution in [0.2, 0.25) is 0 Å². The third-order valence-electron chi connectivity index (χ3n) is 3.33. The number of nitrogens with one attached hydrogen (secondary N) is 1. The highest BCUT2D eigenvalue weighted by molar-refractivity contribution is 9.10. The second kappa shape index (κ2) is 7.19. The lowest BCUT2D eigenvalue weighted by atomic mass is 10.2. The van der Waals surface area contributed by atoms with Crippen LogP contribution in [0.1, 0.15) is 16.1 Å². The van der Waals surface area contributed by atoms with Gasteiger partial charge in [-0.2, -0.15) is 5.10 Å². The van der Waals surface area contributed by atoms with Gasteiger partial charge < -0.3 is 5.32 Å². The minimum Gasteiger partial charge on any atom is -0.352 e. The summed E-state index contributed by atoms with van der Waals surface area (Å²) in [7, 11) is 0. The smallest absolute Gasteiger partial charge is 0.254 e. The molecule has 116 valence electrons. The molecule has 1 aromatic carbocycles. The predicted molar refractivity (Wildman–Crippen MR) is 91.5 cm³/mol. The van der Waals surface area contributed by atoms with Gasteiger partial charge >= 0.3 is 0 Å². The van der Waals surface area contributed by atoms with Gasteiger partial charge in [0, 0.05) is 35.5 Å². The summed E-state index contributed by atoms with van der Waals surface area (Å²) in [5.74, 6) is -0.135. The molecule has 23 heavy (non-hydrogen) atoms. The number of benzene rings is 1. The molecule has 0 atom stereocenters. The van der Waals surface area contributed by atoms with Gasteiger partial charge in [0.2, 0.25) is 0 Å². The fourth-order valence-corrected chi connectivity index (χ4v) is 2.39. The first-order chi connectivity index (χ1) is 11.2. The van der Waals surface area contributed by atoms with Crippen LogP contribution < -0.4 is 5.32 Å². The van der Waals surface area contributed by atoms with Gasteiger partial charge in [0.05, 0.1) is 17.4 Å². The first-order valence-electron chi connectivity index (χ1n) is 7.21. The van der Waals surface area contributed by atoms with Crippen LogP contribution in [0.25, 0.3) is 5.69 Å². The van der Waals surface area contributed by atoms with Crippen LogP contribution in [0.15, 0.2) is 65.5 Å². The molecule has 6 heteroatoms. The quantitative estimate of drug-likeness (QED) is 0.750. The molecule has 0 aliphatic heterocycles. The van der Waals surface area contributed by atoms with Crippen molar-refractivity contribution in [2.45, 2.75) is 6.42 Å². The molecule has 1 amide bonds. The van der Waals surface area contributed by atoms with Crippen molar-refractivity contribution in [2.24, 2.45) is 0 Å². The molecule has 3 rings (SSSR count). The number of hydrogen-bond donors (Lipinski definition) is 1. The molecule has 0 saturated carbocycles. The Morgan fingerprint density at radius 3 is 2.74 bits per heavy atom. The van der Waals surface area contributed by atoms with E-state index >= 15 is 0 Å². The summed E-state index contributed by atoms with van der Waals surface area (Å²) >= 11 is 3.40. The molecule has 2 aromatic heterocycles. The topological polar surface area (TPSA) is 59.8 Å². The van der Waals surface area contributed by atoms with Crippen LogP contribution in [-0.4, -0.2) is 27.2 Å². The van der Waals surface area contributed by atoms with Crippen molar-refractivity contribution < 1.29 is 4.79 Å². The predicted octanol–water partition coefficient (Wildman–Crippen LogP) is 3.00. The number of aromatic nitrogens is 3. The normalized spacial score (nSPS) is 10.5. The highest BCUT2D eigenvalue weighted by atomic mass is 79.9. The maximum absolute atomic E-state index is 12.1. The van der Waals surface area contributed by atoms with Crippen molar-refractivity contribution >= 4 is 21.8 Å². The van der Waals surface area contributed by atoms with Crippen LogP contribution in [0.4, 0.5) is 0 Å². The number of hydrogen-bond acceptors (Lipinski definition) is 3. The number of amides is 1. The molecule has 3 aromatic rings. The van der Waals surface area contributed by atoms with Gasteiger partial charge in [0.25, 0.3) is 5.91 Å². The van der Waals surface area contributed by atoms with Crippen molar-refractivity contribution in [3.05, 3.63) is 76.8 Å². The number of nitrogens with zero attached hydrogens (tertiary/aromatic N) is 3. The molecule has 5 nitrogen and oxygen atoms in total. The second-order valence-electron chi connectivity index (χ2n) is 4.98. The molecule has 0 fully saturated rings. The Morgan fingerprint density at radius 1 is 1.17 bits per heavy atom. The zero-order chi connectivity index (χ0) is 16.1. The molecule has 0 spiro atoms. The van der Waals surface area contributed by atoms with Crippen LogP contribution >= 0.6 is 15.9 Å². The molecule has 0 aliphatic carbocycles. The number of halogens is 1. The van der Waals surface area contributed by atoms with Gasteiger partial charge in [-0.15, -0.1) is 0 Å². The summed E-state index contributed by atoms with van der Waals surface area (Å²) in [6.45, 7) is 0.541. The number of pyridine rings is 1. The van der Waals surface area contributed by atoms with E-state index in [-0.39, 0.29) is 5.91 Å². The molecular weight excluding hydrogens is 356 g/mol. The molecule has 0 aliphatic rings. The first-order valence-corrected chi connectivity index (χ1v) is 8.00. The summed E-state index contributed by atoms with van der Waals surface area (Å²) < 4.78 is 2.68. The Kier molecular flexibility index (Phi) is 4.83. The molecular formula is C17H15BrN4O. The standard InChI is InChI=1S/C17H15BrN4O/c18-14-4-6-16(7-5-14)22-12-13(11-21-22)17(23)20-10-8-15-3-1-2-9-19-15/h1-7,9,11-12H,8,10H2,(H,20,23). The van der Waals surface area contributed by atoms with Crippen LogP contribution in [0.3, 0.4) is 0 Å². The summed E-state index contributed by atoms with van der Waals surface area (Å²) in [5.41, 5.74) is 2.40. The lowest BCUT2D eigenvalue weighted by molar-refractivity contribution is 0.0954. The number of rotatable bonds is 5. The van der Waals surface area contributed by atoms with Gasteiger partial charge in [-0.3, -0.25) is 9.78 Å². The minimum absolute atomic E-state index is 0.135. The third-order valence-corrected chi connectivity index (χ3v) is 3.86. The van der Waals surface area contributed by atoms with Crippen LogP contribution in [0.5, 0.6) is 0 Å². The van der Waals surface area contributed by atoms with Gasteiger partial charge in [-0.05, 0) is 36.4 Å². The van der Waals surface area contributed by atoms with Crippen molar-refractivity contribution in [3.8, 4) is 5.69 Å². The van der Waals surface area contributed by atoms with Crippen molar-refractivity contribution in [3.63, 3.8) is 0 Å². The van der Waals surface area contributed by atoms with Crippen molar-refractivity contribution in [1.29, 1.82) is 0 Å². The van der Waals surface area contributed by atoms with E-state index in [9.17, 15) is 4.79 Å². The van der Waals surface area contributed by atoms with E-state index in [4.69, 9.17) is 0 Å². The Hall–Kier alpha value is -2.47. The zero-order valence-electron chi connectivity index (χ0n) is 12.3. The van der Waals surface area contributed by atoms with E-state index in [0.717, 1.165) is 15.9 Å². The fourth-order valence-electron chi connectivity index (χ4n) is 2.13. The van der Waals surface area contributed by atoms with E-state index in [2.05, 4.69) is 31.3 Å². The van der Waals surface area contributed by atoms with Crippen molar-refractivity contribution in [1.82, 2.24) is 20.1 Å². The maximum Gasteiger partial charge on any atom is 0.254 e. The molecule has 0 saturated heterocycles. The lowest BCUT2D eigenvalue weighted by Crippen LogP contribution is -2.25. The van der Waals surface area contributed by atoms with E-state index in [1.165, 1.54) is 0 Å².